The molecule has 2 aromatic heterocycles. The molecule has 0 bridgehead atoms. The molecule has 3 heterocycles. The third kappa shape index (κ3) is 3.50. The van der Waals surface area contributed by atoms with E-state index in [9.17, 15) is 18.0 Å². The van der Waals surface area contributed by atoms with Crippen LogP contribution in [-0.4, -0.2) is 34.1 Å². The van der Waals surface area contributed by atoms with Crippen LogP contribution in [0.25, 0.3) is 10.6 Å². The Balaban J connectivity index is 1.93. The van der Waals surface area contributed by atoms with Crippen molar-refractivity contribution in [1.29, 1.82) is 0 Å². The third-order valence-corrected chi connectivity index (χ3v) is 4.80. The zero-order valence-electron chi connectivity index (χ0n) is 12.5. The first-order valence-corrected chi connectivity index (χ1v) is 8.20. The average molecular weight is 357 g/mol. The molecule has 1 fully saturated rings. The third-order valence-electron chi connectivity index (χ3n) is 3.91. The van der Waals surface area contributed by atoms with Crippen molar-refractivity contribution < 1.29 is 23.1 Å². The number of hydrogen-bond donors (Lipinski definition) is 1. The van der Waals surface area contributed by atoms with Gasteiger partial charge in [0.25, 0.3) is 0 Å². The number of aliphatic carboxylic acids is 1. The van der Waals surface area contributed by atoms with Crippen LogP contribution >= 0.6 is 11.3 Å². The molecule has 0 spiro atoms. The summed E-state index contributed by atoms with van der Waals surface area (Å²) >= 11 is 1.30. The van der Waals surface area contributed by atoms with Gasteiger partial charge >= 0.3 is 12.1 Å². The van der Waals surface area contributed by atoms with Crippen molar-refractivity contribution in [3.8, 4) is 10.6 Å². The molecule has 2 aromatic rings. The van der Waals surface area contributed by atoms with Gasteiger partial charge in [0.05, 0.1) is 16.5 Å². The minimum absolute atomic E-state index is 0.00272. The molecule has 0 atom stereocenters. The van der Waals surface area contributed by atoms with Crippen molar-refractivity contribution in [3.05, 3.63) is 29.3 Å². The van der Waals surface area contributed by atoms with Crippen LogP contribution in [0.3, 0.4) is 0 Å². The topological polar surface area (TPSA) is 66.3 Å². The van der Waals surface area contributed by atoms with Gasteiger partial charge in [0.1, 0.15) is 0 Å². The molecule has 0 amide bonds. The number of carboxylic acid groups (broad SMARTS) is 1. The van der Waals surface area contributed by atoms with Crippen molar-refractivity contribution in [1.82, 2.24) is 9.97 Å². The summed E-state index contributed by atoms with van der Waals surface area (Å²) in [5.41, 5.74) is -0.765. The second kappa shape index (κ2) is 6.39. The van der Waals surface area contributed by atoms with Gasteiger partial charge in [-0.15, -0.1) is 11.3 Å². The maximum absolute atomic E-state index is 13.1. The highest BCUT2D eigenvalue weighted by Crippen LogP contribution is 2.33. The second-order valence-electron chi connectivity index (χ2n) is 5.51. The van der Waals surface area contributed by atoms with Crippen LogP contribution in [-0.2, 0) is 11.0 Å². The number of halogens is 3. The van der Waals surface area contributed by atoms with Gasteiger partial charge in [0.15, 0.2) is 5.69 Å². The van der Waals surface area contributed by atoms with Crippen LogP contribution in [0.2, 0.25) is 0 Å². The fourth-order valence-corrected chi connectivity index (χ4v) is 3.28. The zero-order valence-corrected chi connectivity index (χ0v) is 13.3. The number of anilines is 1. The molecule has 3 rings (SSSR count). The first-order valence-electron chi connectivity index (χ1n) is 7.32. The predicted molar refractivity (Wildman–Crippen MR) is 82.9 cm³/mol. The smallest absolute Gasteiger partial charge is 0.433 e. The summed E-state index contributed by atoms with van der Waals surface area (Å²) in [6.45, 7) is 0.643. The summed E-state index contributed by atoms with van der Waals surface area (Å²) in [5, 5.41) is 10.8. The Morgan fingerprint density at radius 3 is 2.54 bits per heavy atom. The second-order valence-corrected chi connectivity index (χ2v) is 6.46. The first-order chi connectivity index (χ1) is 11.3. The Kier molecular flexibility index (Phi) is 4.44. The normalized spacial score (nSPS) is 16.4. The molecule has 1 aliphatic rings. The van der Waals surface area contributed by atoms with Gasteiger partial charge in [-0.1, -0.05) is 6.07 Å². The Labute approximate surface area is 139 Å². The molecule has 5 nitrogen and oxygen atoms in total. The average Bonchev–Trinajstić information content (AvgIpc) is 3.08. The first kappa shape index (κ1) is 16.7. The highest BCUT2D eigenvalue weighted by atomic mass is 32.1. The minimum atomic E-state index is -4.57. The van der Waals surface area contributed by atoms with Gasteiger partial charge < -0.3 is 10.0 Å². The lowest BCUT2D eigenvalue weighted by atomic mass is 9.97. The standard InChI is InChI=1S/C15H14F3N3O2S/c16-15(17,18)12-8-10(11-2-1-7-24-11)19-14(20-12)21-5-3-9(4-6-21)13(22)23/h1-2,7-9H,3-6H2,(H,22,23). The van der Waals surface area contributed by atoms with E-state index in [2.05, 4.69) is 9.97 Å². The largest absolute Gasteiger partial charge is 0.481 e. The van der Waals surface area contributed by atoms with Crippen LogP contribution in [0.4, 0.5) is 19.1 Å². The van der Waals surface area contributed by atoms with Gasteiger partial charge in [0.2, 0.25) is 5.95 Å². The van der Waals surface area contributed by atoms with E-state index in [0.717, 1.165) is 6.07 Å². The lowest BCUT2D eigenvalue weighted by Crippen LogP contribution is -2.37. The summed E-state index contributed by atoms with van der Waals surface area (Å²) in [5.74, 6) is -1.35. The Morgan fingerprint density at radius 2 is 2.00 bits per heavy atom. The van der Waals surface area contributed by atoms with Crippen LogP contribution < -0.4 is 4.90 Å². The highest BCUT2D eigenvalue weighted by Gasteiger charge is 2.35. The number of thiophene rings is 1. The van der Waals surface area contributed by atoms with E-state index in [1.54, 1.807) is 22.4 Å². The van der Waals surface area contributed by atoms with Gasteiger partial charge in [-0.2, -0.15) is 13.2 Å². The Bertz CT molecular complexity index is 726. The van der Waals surface area contributed by atoms with Crippen molar-refractivity contribution in [3.63, 3.8) is 0 Å². The fourth-order valence-electron chi connectivity index (χ4n) is 2.60. The minimum Gasteiger partial charge on any atom is -0.481 e. The lowest BCUT2D eigenvalue weighted by molar-refractivity contribution is -0.142. The van der Waals surface area contributed by atoms with Gasteiger partial charge in [-0.25, -0.2) is 9.97 Å². The molecule has 1 N–H and O–H groups in total. The molecule has 0 unspecified atom stereocenters. The molecule has 9 heteroatoms. The molecule has 0 aromatic carbocycles. The number of carbonyl (C=O) groups is 1. The van der Waals surface area contributed by atoms with E-state index >= 15 is 0 Å². The Morgan fingerprint density at radius 1 is 1.29 bits per heavy atom. The number of nitrogens with zero attached hydrogens (tertiary/aromatic N) is 3. The van der Waals surface area contributed by atoms with E-state index < -0.39 is 23.8 Å². The van der Waals surface area contributed by atoms with Gasteiger partial charge in [-0.05, 0) is 30.4 Å². The molecule has 1 aliphatic heterocycles. The summed E-state index contributed by atoms with van der Waals surface area (Å²) in [4.78, 5) is 21.2. The summed E-state index contributed by atoms with van der Waals surface area (Å²) in [7, 11) is 0. The molecule has 0 saturated carbocycles. The number of rotatable bonds is 3. The maximum atomic E-state index is 13.1. The van der Waals surface area contributed by atoms with E-state index in [-0.39, 0.29) is 11.6 Å². The van der Waals surface area contributed by atoms with E-state index in [0.29, 0.717) is 30.8 Å². The molecule has 1 saturated heterocycles. The van der Waals surface area contributed by atoms with Crippen LogP contribution in [0.5, 0.6) is 0 Å². The number of piperidine rings is 1. The Hall–Kier alpha value is -2.16. The number of alkyl halides is 3. The van der Waals surface area contributed by atoms with Crippen molar-refractivity contribution in [2.45, 2.75) is 19.0 Å². The SMILES string of the molecule is O=C(O)C1CCN(c2nc(-c3cccs3)cc(C(F)(F)F)n2)CC1. The monoisotopic (exact) mass is 357 g/mol. The quantitative estimate of drug-likeness (QED) is 0.910. The number of aromatic nitrogens is 2. The molecule has 128 valence electrons. The van der Waals surface area contributed by atoms with Crippen molar-refractivity contribution in [2.24, 2.45) is 5.92 Å². The molecular formula is C15H14F3N3O2S. The van der Waals surface area contributed by atoms with Gasteiger partial charge in [0, 0.05) is 13.1 Å². The van der Waals surface area contributed by atoms with Crippen molar-refractivity contribution in [2.75, 3.05) is 18.0 Å². The summed E-state index contributed by atoms with van der Waals surface area (Å²) in [6.07, 6.45) is -3.84. The molecule has 24 heavy (non-hydrogen) atoms. The van der Waals surface area contributed by atoms with E-state index in [1.807, 2.05) is 0 Å². The van der Waals surface area contributed by atoms with Crippen LogP contribution in [0.1, 0.15) is 18.5 Å². The summed E-state index contributed by atoms with van der Waals surface area (Å²) < 4.78 is 39.4. The number of carboxylic acids is 1. The fraction of sp³-hybridized carbons (Fsp3) is 0.400. The number of hydrogen-bond acceptors (Lipinski definition) is 5. The molecule has 0 aliphatic carbocycles. The van der Waals surface area contributed by atoms with E-state index in [4.69, 9.17) is 5.11 Å². The predicted octanol–water partition coefficient (Wildman–Crippen LogP) is 3.52. The van der Waals surface area contributed by atoms with Gasteiger partial charge in [-0.3, -0.25) is 4.79 Å². The highest BCUT2D eigenvalue weighted by molar-refractivity contribution is 7.13. The summed E-state index contributed by atoms with van der Waals surface area (Å²) in [6, 6.07) is 4.39. The maximum Gasteiger partial charge on any atom is 0.433 e. The van der Waals surface area contributed by atoms with Crippen molar-refractivity contribution >= 4 is 23.3 Å². The molecule has 0 radical (unpaired) electrons. The van der Waals surface area contributed by atoms with Crippen LogP contribution in [0.15, 0.2) is 23.6 Å². The van der Waals surface area contributed by atoms with Crippen LogP contribution in [0, 0.1) is 5.92 Å². The van der Waals surface area contributed by atoms with E-state index in [1.165, 1.54) is 11.3 Å². The zero-order chi connectivity index (χ0) is 17.3. The lowest BCUT2D eigenvalue weighted by Gasteiger charge is -2.30. The molecular weight excluding hydrogens is 343 g/mol.